The summed E-state index contributed by atoms with van der Waals surface area (Å²) in [5, 5.41) is 15.7. The molecular formula is C25H28FN7O3S. The number of tetrazole rings is 1. The van der Waals surface area contributed by atoms with E-state index in [1.165, 1.54) is 23.5 Å². The van der Waals surface area contributed by atoms with Crippen LogP contribution in [0.2, 0.25) is 0 Å². The number of nitrogens with one attached hydrogen (secondary N) is 1. The molecule has 1 aromatic heterocycles. The van der Waals surface area contributed by atoms with E-state index in [-0.39, 0.29) is 25.0 Å². The second-order valence-electron chi connectivity index (χ2n) is 9.09. The molecule has 0 spiro atoms. The lowest BCUT2D eigenvalue weighted by Crippen LogP contribution is -2.36. The molecule has 1 atom stereocenters. The van der Waals surface area contributed by atoms with E-state index in [0.29, 0.717) is 24.5 Å². The Bertz CT molecular complexity index is 1250. The van der Waals surface area contributed by atoms with Gasteiger partial charge in [-0.1, -0.05) is 42.1 Å². The highest BCUT2D eigenvalue weighted by atomic mass is 32.2. The van der Waals surface area contributed by atoms with Gasteiger partial charge in [-0.15, -0.1) is 5.10 Å². The minimum absolute atomic E-state index is 0.145. The molecule has 1 N–H and O–H groups in total. The minimum atomic E-state index is -0.550. The van der Waals surface area contributed by atoms with Crippen LogP contribution in [0.5, 0.6) is 0 Å². The number of hydrogen-bond acceptors (Lipinski definition) is 8. The monoisotopic (exact) mass is 525 g/mol. The third-order valence-corrected chi connectivity index (χ3v) is 7.52. The van der Waals surface area contributed by atoms with Crippen molar-refractivity contribution in [3.8, 4) is 0 Å². The van der Waals surface area contributed by atoms with Gasteiger partial charge in [0, 0.05) is 25.8 Å². The van der Waals surface area contributed by atoms with E-state index >= 15 is 4.39 Å². The fourth-order valence-electron chi connectivity index (χ4n) is 4.60. The van der Waals surface area contributed by atoms with Gasteiger partial charge in [-0.2, -0.15) is 0 Å². The predicted molar refractivity (Wildman–Crippen MR) is 137 cm³/mol. The summed E-state index contributed by atoms with van der Waals surface area (Å²) in [6.07, 6.45) is 0.550. The van der Waals surface area contributed by atoms with Crippen molar-refractivity contribution in [3.63, 3.8) is 0 Å². The Labute approximate surface area is 218 Å². The SMILES string of the molecule is CC(=O)NC[C@H]1CN(c2ccc(N3CCC(n4nnnc4SCc4ccccc4)CC3)c(F)c2)C(=O)O1. The van der Waals surface area contributed by atoms with Crippen LogP contribution < -0.4 is 15.1 Å². The van der Waals surface area contributed by atoms with Gasteiger partial charge in [-0.05, 0) is 47.0 Å². The van der Waals surface area contributed by atoms with Crippen LogP contribution in [0, 0.1) is 5.82 Å². The van der Waals surface area contributed by atoms with Gasteiger partial charge in [0.15, 0.2) is 0 Å². The summed E-state index contributed by atoms with van der Waals surface area (Å²) in [5.74, 6) is 0.197. The van der Waals surface area contributed by atoms with Gasteiger partial charge in [0.2, 0.25) is 11.1 Å². The van der Waals surface area contributed by atoms with E-state index in [0.717, 1.165) is 23.8 Å². The molecule has 5 rings (SSSR count). The molecule has 2 aromatic carbocycles. The molecule has 0 radical (unpaired) electrons. The number of ether oxygens (including phenoxy) is 1. The maximum absolute atomic E-state index is 15.1. The predicted octanol–water partition coefficient (Wildman–Crippen LogP) is 3.41. The van der Waals surface area contributed by atoms with Gasteiger partial charge in [-0.3, -0.25) is 9.69 Å². The van der Waals surface area contributed by atoms with E-state index in [1.54, 1.807) is 23.9 Å². The zero-order chi connectivity index (χ0) is 25.8. The average molecular weight is 526 g/mol. The van der Waals surface area contributed by atoms with Crippen molar-refractivity contribution in [1.82, 2.24) is 25.5 Å². The normalized spacial score (nSPS) is 18.2. The van der Waals surface area contributed by atoms with Crippen molar-refractivity contribution >= 4 is 35.1 Å². The fraction of sp³-hybridized carbons (Fsp3) is 0.400. The molecule has 10 nitrogen and oxygen atoms in total. The van der Waals surface area contributed by atoms with Crippen LogP contribution in [0.4, 0.5) is 20.6 Å². The number of aromatic nitrogens is 4. The number of carbonyl (C=O) groups is 2. The Morgan fingerprint density at radius 2 is 1.97 bits per heavy atom. The summed E-state index contributed by atoms with van der Waals surface area (Å²) in [6.45, 7) is 3.20. The molecule has 12 heteroatoms. The van der Waals surface area contributed by atoms with Crippen LogP contribution in [0.3, 0.4) is 0 Å². The Morgan fingerprint density at radius 3 is 2.70 bits per heavy atom. The van der Waals surface area contributed by atoms with Gasteiger partial charge >= 0.3 is 6.09 Å². The molecule has 37 heavy (non-hydrogen) atoms. The van der Waals surface area contributed by atoms with Crippen molar-refractivity contribution in [2.24, 2.45) is 0 Å². The number of nitrogens with zero attached hydrogens (tertiary/aromatic N) is 6. The maximum Gasteiger partial charge on any atom is 0.414 e. The molecule has 0 bridgehead atoms. The van der Waals surface area contributed by atoms with Crippen molar-refractivity contribution < 1.29 is 18.7 Å². The van der Waals surface area contributed by atoms with Crippen LogP contribution in [0.1, 0.15) is 31.4 Å². The maximum atomic E-state index is 15.1. The van der Waals surface area contributed by atoms with Crippen LogP contribution in [-0.2, 0) is 15.3 Å². The molecule has 2 aliphatic heterocycles. The summed E-state index contributed by atoms with van der Waals surface area (Å²) in [5.41, 5.74) is 2.14. The largest absolute Gasteiger partial charge is 0.442 e. The summed E-state index contributed by atoms with van der Waals surface area (Å²) in [6, 6.07) is 15.1. The highest BCUT2D eigenvalue weighted by Crippen LogP contribution is 2.33. The van der Waals surface area contributed by atoms with Crippen LogP contribution in [-0.4, -0.2) is 64.5 Å². The molecule has 0 unspecified atom stereocenters. The minimum Gasteiger partial charge on any atom is -0.442 e. The van der Waals surface area contributed by atoms with Gasteiger partial charge < -0.3 is 15.0 Å². The zero-order valence-corrected chi connectivity index (χ0v) is 21.2. The number of rotatable bonds is 8. The third-order valence-electron chi connectivity index (χ3n) is 6.52. The highest BCUT2D eigenvalue weighted by Gasteiger charge is 2.33. The van der Waals surface area contributed by atoms with Crippen molar-refractivity contribution in [1.29, 1.82) is 0 Å². The Hall–Kier alpha value is -3.67. The molecule has 2 amide bonds. The number of piperidine rings is 1. The van der Waals surface area contributed by atoms with Crippen LogP contribution in [0.25, 0.3) is 0 Å². The van der Waals surface area contributed by atoms with Crippen molar-refractivity contribution in [3.05, 3.63) is 59.9 Å². The lowest BCUT2D eigenvalue weighted by atomic mass is 10.0. The highest BCUT2D eigenvalue weighted by molar-refractivity contribution is 7.98. The topological polar surface area (TPSA) is 105 Å². The number of benzene rings is 2. The van der Waals surface area contributed by atoms with Crippen LogP contribution >= 0.6 is 11.8 Å². The van der Waals surface area contributed by atoms with E-state index in [4.69, 9.17) is 4.74 Å². The number of thioether (sulfide) groups is 1. The van der Waals surface area contributed by atoms with Gasteiger partial charge in [-0.25, -0.2) is 13.9 Å². The van der Waals surface area contributed by atoms with Crippen molar-refractivity contribution in [2.45, 2.75) is 42.8 Å². The Morgan fingerprint density at radius 1 is 1.19 bits per heavy atom. The smallest absolute Gasteiger partial charge is 0.414 e. The van der Waals surface area contributed by atoms with E-state index in [9.17, 15) is 9.59 Å². The molecule has 3 heterocycles. The summed E-state index contributed by atoms with van der Waals surface area (Å²) < 4.78 is 22.3. The second kappa shape index (κ2) is 11.2. The molecular weight excluding hydrogens is 497 g/mol. The number of hydrogen-bond donors (Lipinski definition) is 1. The van der Waals surface area contributed by atoms with Gasteiger partial charge in [0.25, 0.3) is 0 Å². The number of cyclic esters (lactones) is 1. The number of carbonyl (C=O) groups excluding carboxylic acids is 2. The molecule has 2 saturated heterocycles. The fourth-order valence-corrected chi connectivity index (χ4v) is 5.50. The average Bonchev–Trinajstić information content (AvgIpc) is 3.53. The first-order chi connectivity index (χ1) is 18.0. The number of anilines is 2. The molecule has 194 valence electrons. The van der Waals surface area contributed by atoms with Crippen LogP contribution in [0.15, 0.2) is 53.7 Å². The number of halogens is 1. The third kappa shape index (κ3) is 5.85. The second-order valence-corrected chi connectivity index (χ2v) is 10.0. The summed E-state index contributed by atoms with van der Waals surface area (Å²) in [7, 11) is 0. The Kier molecular flexibility index (Phi) is 7.54. The lowest BCUT2D eigenvalue weighted by Gasteiger charge is -2.34. The van der Waals surface area contributed by atoms with E-state index < -0.39 is 18.0 Å². The molecule has 2 fully saturated rings. The number of amides is 2. The quantitative estimate of drug-likeness (QED) is 0.446. The van der Waals surface area contributed by atoms with E-state index in [2.05, 4.69) is 33.0 Å². The first-order valence-corrected chi connectivity index (χ1v) is 13.2. The zero-order valence-electron chi connectivity index (χ0n) is 20.4. The summed E-state index contributed by atoms with van der Waals surface area (Å²) in [4.78, 5) is 26.8. The molecule has 3 aromatic rings. The summed E-state index contributed by atoms with van der Waals surface area (Å²) >= 11 is 1.61. The molecule has 2 aliphatic rings. The molecule has 0 saturated carbocycles. The molecule has 0 aliphatic carbocycles. The van der Waals surface area contributed by atoms with Gasteiger partial charge in [0.1, 0.15) is 11.9 Å². The standard InChI is InChI=1S/C25H28FN7O3S/c1-17(34)27-14-21-15-32(25(35)36-21)20-7-8-23(22(26)13-20)31-11-9-19(10-12-31)33-24(28-29-30-33)37-16-18-5-3-2-4-6-18/h2-8,13,19,21H,9-12,14-16H2,1H3,(H,27,34)/t21-/m0/s1. The Balaban J connectivity index is 1.18. The first kappa shape index (κ1) is 25.0. The first-order valence-electron chi connectivity index (χ1n) is 12.2. The lowest BCUT2D eigenvalue weighted by molar-refractivity contribution is -0.119. The van der Waals surface area contributed by atoms with Crippen molar-refractivity contribution in [2.75, 3.05) is 36.0 Å². The van der Waals surface area contributed by atoms with Gasteiger partial charge in [0.05, 0.1) is 30.5 Å². The van der Waals surface area contributed by atoms with E-state index in [1.807, 2.05) is 27.8 Å².